The van der Waals surface area contributed by atoms with Crippen LogP contribution in [-0.4, -0.2) is 29.7 Å². The summed E-state index contributed by atoms with van der Waals surface area (Å²) in [5.74, 6) is 0.413. The first-order valence-corrected chi connectivity index (χ1v) is 6.46. The first kappa shape index (κ1) is 13.8. The van der Waals surface area contributed by atoms with E-state index in [1.165, 1.54) is 0 Å². The molecule has 5 nitrogen and oxygen atoms in total. The number of fused-ring (bicyclic) bond motifs is 1. The number of nitrogens with two attached hydrogens (primary N) is 1. The van der Waals surface area contributed by atoms with Crippen LogP contribution in [0.15, 0.2) is 18.2 Å². The fourth-order valence-electron chi connectivity index (χ4n) is 2.17. The number of rotatable bonds is 2. The zero-order chi connectivity index (χ0) is 14.0. The van der Waals surface area contributed by atoms with Crippen LogP contribution in [0.4, 0.5) is 0 Å². The molecule has 4 N–H and O–H groups in total. The first-order chi connectivity index (χ1) is 8.99. The number of nitrogens with one attached hydrogen (secondary N) is 1. The molecule has 1 aromatic carbocycles. The van der Waals surface area contributed by atoms with E-state index in [1.54, 1.807) is 6.92 Å². The number of benzene rings is 1. The van der Waals surface area contributed by atoms with Gasteiger partial charge >= 0.3 is 0 Å². The molecule has 0 aliphatic carbocycles. The van der Waals surface area contributed by atoms with Gasteiger partial charge in [0.2, 0.25) is 5.91 Å². The third-order valence-electron chi connectivity index (χ3n) is 3.29. The third kappa shape index (κ3) is 3.05. The Morgan fingerprint density at radius 3 is 3.00 bits per heavy atom. The molecule has 0 bridgehead atoms. The van der Waals surface area contributed by atoms with E-state index < -0.39 is 12.1 Å². The summed E-state index contributed by atoms with van der Waals surface area (Å²) in [6.07, 6.45) is -0.229. The smallest absolute Gasteiger partial charge is 0.236 e. The molecule has 0 fully saturated rings. The summed E-state index contributed by atoms with van der Waals surface area (Å²) >= 11 is 0. The standard InChI is InChI=1S/C14H20N2O3/c1-8-3-4-12-10(7-8)13(17)11(5-6-19-12)16-14(18)9(2)15/h3-4,7,9,11,13,17H,5-6,15H2,1-2H3,(H,16,18). The van der Waals surface area contributed by atoms with Gasteiger partial charge in [0, 0.05) is 12.0 Å². The molecule has 0 spiro atoms. The summed E-state index contributed by atoms with van der Waals surface area (Å²) < 4.78 is 5.60. The van der Waals surface area contributed by atoms with Crippen molar-refractivity contribution in [1.82, 2.24) is 5.32 Å². The van der Waals surface area contributed by atoms with Gasteiger partial charge in [-0.3, -0.25) is 4.79 Å². The van der Waals surface area contributed by atoms with Gasteiger partial charge in [-0.1, -0.05) is 11.6 Å². The minimum Gasteiger partial charge on any atom is -0.493 e. The monoisotopic (exact) mass is 264 g/mol. The molecule has 0 saturated heterocycles. The van der Waals surface area contributed by atoms with E-state index in [1.807, 2.05) is 25.1 Å². The van der Waals surface area contributed by atoms with Crippen molar-refractivity contribution in [3.63, 3.8) is 0 Å². The molecule has 5 heteroatoms. The number of aliphatic hydroxyl groups excluding tert-OH is 1. The Balaban J connectivity index is 2.22. The van der Waals surface area contributed by atoms with Gasteiger partial charge in [0.1, 0.15) is 11.9 Å². The molecular formula is C14H20N2O3. The lowest BCUT2D eigenvalue weighted by molar-refractivity contribution is -0.123. The Hall–Kier alpha value is -1.59. The highest BCUT2D eigenvalue weighted by Crippen LogP contribution is 2.32. The maximum atomic E-state index is 11.7. The van der Waals surface area contributed by atoms with E-state index in [2.05, 4.69) is 5.32 Å². The number of aliphatic hydroxyl groups is 1. The maximum absolute atomic E-state index is 11.7. The summed E-state index contributed by atoms with van der Waals surface area (Å²) in [5, 5.41) is 13.2. The van der Waals surface area contributed by atoms with Crippen LogP contribution in [0.3, 0.4) is 0 Å². The third-order valence-corrected chi connectivity index (χ3v) is 3.29. The van der Waals surface area contributed by atoms with Crippen LogP contribution in [0.25, 0.3) is 0 Å². The van der Waals surface area contributed by atoms with Crippen LogP contribution in [0, 0.1) is 6.92 Å². The van der Waals surface area contributed by atoms with Crippen LogP contribution in [0.5, 0.6) is 5.75 Å². The van der Waals surface area contributed by atoms with Crippen molar-refractivity contribution in [2.75, 3.05) is 6.61 Å². The maximum Gasteiger partial charge on any atom is 0.236 e. The molecule has 1 aliphatic heterocycles. The van der Waals surface area contributed by atoms with Gasteiger partial charge in [-0.15, -0.1) is 0 Å². The van der Waals surface area contributed by atoms with E-state index in [0.717, 1.165) is 5.56 Å². The number of hydrogen-bond donors (Lipinski definition) is 3. The summed E-state index contributed by atoms with van der Waals surface area (Å²) in [6.45, 7) is 4.03. The molecule has 1 aromatic rings. The lowest BCUT2D eigenvalue weighted by Crippen LogP contribution is -2.46. The number of carbonyl (C=O) groups excluding carboxylic acids is 1. The molecule has 0 saturated carbocycles. The second kappa shape index (κ2) is 5.59. The first-order valence-electron chi connectivity index (χ1n) is 6.46. The molecule has 0 aromatic heterocycles. The number of aryl methyl sites for hydroxylation is 1. The largest absolute Gasteiger partial charge is 0.493 e. The van der Waals surface area contributed by atoms with Gasteiger partial charge < -0.3 is 20.9 Å². The SMILES string of the molecule is Cc1ccc2c(c1)C(O)C(NC(=O)C(C)N)CCO2. The molecule has 104 valence electrons. The number of carbonyl (C=O) groups is 1. The van der Waals surface area contributed by atoms with Crippen LogP contribution in [0.1, 0.15) is 30.6 Å². The Bertz CT molecular complexity index is 474. The van der Waals surface area contributed by atoms with Gasteiger partial charge in [0.05, 0.1) is 18.7 Å². The average molecular weight is 264 g/mol. The van der Waals surface area contributed by atoms with Crippen LogP contribution < -0.4 is 15.8 Å². The molecule has 1 heterocycles. The predicted octanol–water partition coefficient (Wildman–Crippen LogP) is 0.643. The van der Waals surface area contributed by atoms with E-state index in [-0.39, 0.29) is 11.9 Å². The van der Waals surface area contributed by atoms with Gasteiger partial charge in [-0.25, -0.2) is 0 Å². The number of ether oxygens (including phenoxy) is 1. The second-order valence-electron chi connectivity index (χ2n) is 5.03. The van der Waals surface area contributed by atoms with Crippen molar-refractivity contribution in [3.05, 3.63) is 29.3 Å². The van der Waals surface area contributed by atoms with E-state index in [9.17, 15) is 9.90 Å². The van der Waals surface area contributed by atoms with Crippen molar-refractivity contribution in [2.24, 2.45) is 5.73 Å². The highest BCUT2D eigenvalue weighted by Gasteiger charge is 2.28. The van der Waals surface area contributed by atoms with Crippen molar-refractivity contribution >= 4 is 5.91 Å². The van der Waals surface area contributed by atoms with Crippen molar-refractivity contribution in [2.45, 2.75) is 38.5 Å². The van der Waals surface area contributed by atoms with Gasteiger partial charge in [-0.05, 0) is 26.0 Å². The van der Waals surface area contributed by atoms with Crippen molar-refractivity contribution < 1.29 is 14.6 Å². The Kier molecular flexibility index (Phi) is 4.07. The zero-order valence-electron chi connectivity index (χ0n) is 11.2. The fraction of sp³-hybridized carbons (Fsp3) is 0.500. The Labute approximate surface area is 112 Å². The number of amides is 1. The van der Waals surface area contributed by atoms with Crippen molar-refractivity contribution in [3.8, 4) is 5.75 Å². The van der Waals surface area contributed by atoms with E-state index in [4.69, 9.17) is 10.5 Å². The Morgan fingerprint density at radius 1 is 1.58 bits per heavy atom. The Morgan fingerprint density at radius 2 is 2.32 bits per heavy atom. The molecule has 1 amide bonds. The quantitative estimate of drug-likeness (QED) is 0.732. The summed E-state index contributed by atoms with van der Waals surface area (Å²) in [7, 11) is 0. The molecule has 1 aliphatic rings. The molecule has 3 atom stereocenters. The lowest BCUT2D eigenvalue weighted by Gasteiger charge is -2.23. The van der Waals surface area contributed by atoms with Crippen LogP contribution in [0.2, 0.25) is 0 Å². The minimum absolute atomic E-state index is 0.264. The van der Waals surface area contributed by atoms with Gasteiger partial charge in [0.25, 0.3) is 0 Å². The molecule has 0 radical (unpaired) electrons. The van der Waals surface area contributed by atoms with Crippen LogP contribution >= 0.6 is 0 Å². The second-order valence-corrected chi connectivity index (χ2v) is 5.03. The minimum atomic E-state index is -0.778. The predicted molar refractivity (Wildman–Crippen MR) is 71.8 cm³/mol. The summed E-state index contributed by atoms with van der Waals surface area (Å²) in [4.78, 5) is 11.7. The van der Waals surface area contributed by atoms with E-state index >= 15 is 0 Å². The topological polar surface area (TPSA) is 84.6 Å². The number of hydrogen-bond acceptors (Lipinski definition) is 4. The highest BCUT2D eigenvalue weighted by molar-refractivity contribution is 5.81. The van der Waals surface area contributed by atoms with Crippen molar-refractivity contribution in [1.29, 1.82) is 0 Å². The van der Waals surface area contributed by atoms with Crippen LogP contribution in [-0.2, 0) is 4.79 Å². The summed E-state index contributed by atoms with van der Waals surface area (Å²) in [6, 6.07) is 4.71. The fourth-order valence-corrected chi connectivity index (χ4v) is 2.17. The molecule has 3 unspecified atom stereocenters. The molecule has 19 heavy (non-hydrogen) atoms. The average Bonchev–Trinajstić information content (AvgIpc) is 2.51. The van der Waals surface area contributed by atoms with Gasteiger partial charge in [-0.2, -0.15) is 0 Å². The molecular weight excluding hydrogens is 244 g/mol. The molecule has 2 rings (SSSR count). The lowest BCUT2D eigenvalue weighted by atomic mass is 9.98. The summed E-state index contributed by atoms with van der Waals surface area (Å²) in [5.41, 5.74) is 7.29. The highest BCUT2D eigenvalue weighted by atomic mass is 16.5. The van der Waals surface area contributed by atoms with Gasteiger partial charge in [0.15, 0.2) is 0 Å². The van der Waals surface area contributed by atoms with E-state index in [0.29, 0.717) is 24.3 Å². The normalized spacial score (nSPS) is 23.8. The zero-order valence-corrected chi connectivity index (χ0v) is 11.2.